The summed E-state index contributed by atoms with van der Waals surface area (Å²) in [4.78, 5) is 5.16. The molecule has 1 aromatic carbocycles. The van der Waals surface area contributed by atoms with E-state index in [1.807, 2.05) is 27.7 Å². The lowest BCUT2D eigenvalue weighted by atomic mass is 9.97. The Kier molecular flexibility index (Phi) is 14.4. The van der Waals surface area contributed by atoms with Gasteiger partial charge in [-0.05, 0) is 29.1 Å². The monoisotopic (exact) mass is 464 g/mol. The van der Waals surface area contributed by atoms with E-state index in [-0.39, 0.29) is 5.41 Å². The fourth-order valence-electron chi connectivity index (χ4n) is 3.29. The van der Waals surface area contributed by atoms with E-state index in [4.69, 9.17) is 4.99 Å². The molecule has 0 saturated heterocycles. The van der Waals surface area contributed by atoms with E-state index in [2.05, 4.69) is 111 Å². The van der Waals surface area contributed by atoms with Crippen LogP contribution in [-0.2, 0) is 6.54 Å². The van der Waals surface area contributed by atoms with Gasteiger partial charge in [-0.3, -0.25) is 4.99 Å². The van der Waals surface area contributed by atoms with Gasteiger partial charge in [0.2, 0.25) is 0 Å². The third-order valence-corrected chi connectivity index (χ3v) is 7.49. The maximum absolute atomic E-state index is 5.16. The van der Waals surface area contributed by atoms with Gasteiger partial charge in [-0.2, -0.15) is 0 Å². The number of hydrogen-bond acceptors (Lipinski definition) is 1. The second-order valence-electron chi connectivity index (χ2n) is 8.68. The largest absolute Gasteiger partial charge is 0.369 e. The number of nitrogens with zero attached hydrogens (tertiary/aromatic N) is 1. The highest BCUT2D eigenvalue weighted by Crippen LogP contribution is 2.54. The Labute approximate surface area is 205 Å². The van der Waals surface area contributed by atoms with Gasteiger partial charge in [-0.1, -0.05) is 133 Å². The lowest BCUT2D eigenvalue weighted by Gasteiger charge is -2.31. The Balaban J connectivity index is 0.00000129. The summed E-state index contributed by atoms with van der Waals surface area (Å²) in [6.07, 6.45) is 22.3. The van der Waals surface area contributed by atoms with Gasteiger partial charge in [0, 0.05) is 20.1 Å². The van der Waals surface area contributed by atoms with Crippen molar-refractivity contribution in [3.63, 3.8) is 0 Å². The quantitative estimate of drug-likeness (QED) is 0.253. The van der Waals surface area contributed by atoms with Crippen LogP contribution in [0.15, 0.2) is 95.3 Å². The summed E-state index contributed by atoms with van der Waals surface area (Å²) in [5, 5.41) is 5.19. The Hall–Kier alpha value is -2.18. The van der Waals surface area contributed by atoms with Crippen LogP contribution in [0, 0.1) is 5.41 Å². The van der Waals surface area contributed by atoms with Gasteiger partial charge in [0.15, 0.2) is 0 Å². The Morgan fingerprint density at radius 3 is 2.30 bits per heavy atom. The SMILES string of the molecule is CC.CC.CC(C)(C)CNC(=NCc1ccccc1)P(C1=CCC=CC=C1)C1C=CC=CC1. The standard InChI is InChI=1S/C26H33N2P.2C2H6/c1-26(2,3)21-28-25(27-20-22-14-8-6-9-15-22)29(24-18-12-7-13-19-24)23-16-10-4-5-11-17-23;2*1-2/h4-10,12-18,24H,11,19-21H2,1-3H3,(H,27,28);2*1-2H3. The molecule has 0 bridgehead atoms. The van der Waals surface area contributed by atoms with Crippen LogP contribution < -0.4 is 5.32 Å². The van der Waals surface area contributed by atoms with Gasteiger partial charge < -0.3 is 5.32 Å². The fourth-order valence-corrected chi connectivity index (χ4v) is 5.85. The van der Waals surface area contributed by atoms with Gasteiger partial charge in [-0.15, -0.1) is 0 Å². The van der Waals surface area contributed by atoms with E-state index < -0.39 is 7.92 Å². The Morgan fingerprint density at radius 2 is 1.67 bits per heavy atom. The van der Waals surface area contributed by atoms with E-state index in [0.29, 0.717) is 12.2 Å². The number of hydrogen-bond donors (Lipinski definition) is 1. The molecule has 0 fully saturated rings. The van der Waals surface area contributed by atoms with Crippen molar-refractivity contribution in [1.29, 1.82) is 0 Å². The molecule has 2 aliphatic rings. The molecule has 1 N–H and O–H groups in total. The van der Waals surface area contributed by atoms with Gasteiger partial charge >= 0.3 is 0 Å². The van der Waals surface area contributed by atoms with Crippen LogP contribution >= 0.6 is 7.92 Å². The highest BCUT2D eigenvalue weighted by molar-refractivity contribution is 7.79. The van der Waals surface area contributed by atoms with E-state index in [1.54, 1.807) is 0 Å². The molecule has 180 valence electrons. The summed E-state index contributed by atoms with van der Waals surface area (Å²) in [6, 6.07) is 10.6. The van der Waals surface area contributed by atoms with Crippen molar-refractivity contribution in [2.24, 2.45) is 10.4 Å². The summed E-state index contributed by atoms with van der Waals surface area (Å²) >= 11 is 0. The molecule has 2 unspecified atom stereocenters. The zero-order valence-corrected chi connectivity index (χ0v) is 22.8. The summed E-state index contributed by atoms with van der Waals surface area (Å²) in [5.74, 6) is 0. The molecule has 0 spiro atoms. The molecule has 0 amide bonds. The van der Waals surface area contributed by atoms with Crippen LogP contribution in [0.25, 0.3) is 0 Å². The van der Waals surface area contributed by atoms with E-state index in [0.717, 1.165) is 19.4 Å². The minimum Gasteiger partial charge on any atom is -0.369 e. The van der Waals surface area contributed by atoms with Crippen LogP contribution in [0.1, 0.15) is 66.9 Å². The number of amidine groups is 1. The molecule has 0 aliphatic heterocycles. The predicted molar refractivity (Wildman–Crippen MR) is 152 cm³/mol. The number of benzene rings is 1. The van der Waals surface area contributed by atoms with Crippen LogP contribution in [-0.4, -0.2) is 17.8 Å². The maximum Gasteiger partial charge on any atom is 0.125 e. The topological polar surface area (TPSA) is 24.4 Å². The van der Waals surface area contributed by atoms with Crippen molar-refractivity contribution in [3.8, 4) is 0 Å². The van der Waals surface area contributed by atoms with Gasteiger partial charge in [0.05, 0.1) is 6.54 Å². The lowest BCUT2D eigenvalue weighted by molar-refractivity contribution is 0.409. The lowest BCUT2D eigenvalue weighted by Crippen LogP contribution is -2.33. The summed E-state index contributed by atoms with van der Waals surface area (Å²) in [6.45, 7) is 16.5. The second kappa shape index (κ2) is 16.4. The molecule has 3 rings (SSSR count). The smallest absolute Gasteiger partial charge is 0.125 e. The second-order valence-corrected chi connectivity index (χ2v) is 11.0. The highest BCUT2D eigenvalue weighted by atomic mass is 31.1. The minimum atomic E-state index is -0.592. The molecule has 0 aromatic heterocycles. The molecule has 0 radical (unpaired) electrons. The average molecular weight is 465 g/mol. The molecule has 3 heteroatoms. The van der Waals surface area contributed by atoms with Crippen molar-refractivity contribution >= 4 is 13.5 Å². The maximum atomic E-state index is 5.16. The highest BCUT2D eigenvalue weighted by Gasteiger charge is 2.28. The van der Waals surface area contributed by atoms with E-state index in [9.17, 15) is 0 Å². The number of nitrogens with one attached hydrogen (secondary N) is 1. The Morgan fingerprint density at radius 1 is 0.970 bits per heavy atom. The third-order valence-electron chi connectivity index (χ3n) is 4.80. The molecule has 2 atom stereocenters. The van der Waals surface area contributed by atoms with Gasteiger partial charge in [-0.25, -0.2) is 0 Å². The van der Waals surface area contributed by atoms with Crippen molar-refractivity contribution in [2.75, 3.05) is 6.54 Å². The number of aliphatic imine (C=N–C) groups is 1. The molecule has 0 saturated carbocycles. The first-order valence-corrected chi connectivity index (χ1v) is 13.9. The zero-order valence-electron chi connectivity index (χ0n) is 21.9. The zero-order chi connectivity index (χ0) is 24.5. The van der Waals surface area contributed by atoms with Crippen LogP contribution in [0.2, 0.25) is 0 Å². The number of rotatable bonds is 6. The average Bonchev–Trinajstić information content (AvgIpc) is 3.13. The molecular formula is C30H45N2P. The molecule has 33 heavy (non-hydrogen) atoms. The van der Waals surface area contributed by atoms with E-state index >= 15 is 0 Å². The molecular weight excluding hydrogens is 419 g/mol. The summed E-state index contributed by atoms with van der Waals surface area (Å²) in [7, 11) is -0.592. The molecule has 2 aliphatic carbocycles. The predicted octanol–water partition coefficient (Wildman–Crippen LogP) is 9.00. The third kappa shape index (κ3) is 11.0. The first kappa shape index (κ1) is 28.9. The van der Waals surface area contributed by atoms with Crippen LogP contribution in [0.4, 0.5) is 0 Å². The molecule has 1 aromatic rings. The first-order chi connectivity index (χ1) is 16.0. The first-order valence-electron chi connectivity index (χ1n) is 12.5. The van der Waals surface area contributed by atoms with Crippen molar-refractivity contribution in [1.82, 2.24) is 5.32 Å². The van der Waals surface area contributed by atoms with Gasteiger partial charge in [0.25, 0.3) is 0 Å². The van der Waals surface area contributed by atoms with E-state index in [1.165, 1.54) is 16.5 Å². The molecule has 0 heterocycles. The minimum absolute atomic E-state index is 0.200. The fraction of sp³-hybridized carbons (Fsp3) is 0.433. The van der Waals surface area contributed by atoms with Crippen LogP contribution in [0.3, 0.4) is 0 Å². The van der Waals surface area contributed by atoms with Gasteiger partial charge in [0.1, 0.15) is 5.58 Å². The van der Waals surface area contributed by atoms with Crippen LogP contribution in [0.5, 0.6) is 0 Å². The van der Waals surface area contributed by atoms with Crippen molar-refractivity contribution in [2.45, 2.75) is 73.5 Å². The van der Waals surface area contributed by atoms with Crippen molar-refractivity contribution in [3.05, 3.63) is 95.9 Å². The Bertz CT molecular complexity index is 836. The number of allylic oxidation sites excluding steroid dienone is 10. The molecule has 2 nitrogen and oxygen atoms in total. The summed E-state index contributed by atoms with van der Waals surface area (Å²) in [5.41, 5.74) is 3.10. The normalized spacial score (nSPS) is 18.2. The van der Waals surface area contributed by atoms with Crippen molar-refractivity contribution < 1.29 is 0 Å². The summed E-state index contributed by atoms with van der Waals surface area (Å²) < 4.78 is 0.